The number of nitrogens with one attached hydrogen (secondary N) is 1. The van der Waals surface area contributed by atoms with Crippen molar-refractivity contribution in [2.75, 3.05) is 5.43 Å². The number of benzene rings is 2. The Hall–Kier alpha value is -3.87. The van der Waals surface area contributed by atoms with Crippen molar-refractivity contribution in [1.29, 1.82) is 5.26 Å². The Labute approximate surface area is 192 Å². The quantitative estimate of drug-likeness (QED) is 0.227. The first-order valence-corrected chi connectivity index (χ1v) is 9.88. The molecule has 3 rings (SSSR count). The van der Waals surface area contributed by atoms with E-state index in [-0.39, 0.29) is 21.5 Å². The molecule has 1 heterocycles. The van der Waals surface area contributed by atoms with Gasteiger partial charge in [0.15, 0.2) is 5.75 Å². The Balaban J connectivity index is 1.84. The molecule has 3 aromatic rings. The number of aromatic nitrogens is 1. The van der Waals surface area contributed by atoms with Crippen LogP contribution in [0.4, 0.5) is 10.5 Å². The maximum atomic E-state index is 11.5. The van der Waals surface area contributed by atoms with E-state index in [0.717, 1.165) is 22.9 Å². The SMILES string of the molecule is CCc1ccnc2ccc(Oc3c(Cl)cc(N/N=C(\C#N)C(=O)OC(N)=O)cc3Cl)cc12. The van der Waals surface area contributed by atoms with Gasteiger partial charge in [-0.15, -0.1) is 0 Å². The van der Waals surface area contributed by atoms with Crippen molar-refractivity contribution in [3.63, 3.8) is 0 Å². The van der Waals surface area contributed by atoms with E-state index in [0.29, 0.717) is 5.75 Å². The van der Waals surface area contributed by atoms with E-state index in [1.807, 2.05) is 18.2 Å². The van der Waals surface area contributed by atoms with Gasteiger partial charge in [-0.3, -0.25) is 10.4 Å². The highest BCUT2D eigenvalue weighted by atomic mass is 35.5. The lowest BCUT2D eigenvalue weighted by Crippen LogP contribution is -2.24. The first kappa shape index (κ1) is 22.8. The molecule has 0 aliphatic heterocycles. The van der Waals surface area contributed by atoms with Gasteiger partial charge >= 0.3 is 12.1 Å². The number of nitrogens with two attached hydrogens (primary N) is 1. The highest BCUT2D eigenvalue weighted by Gasteiger charge is 2.16. The molecule has 0 spiro atoms. The number of nitriles is 1. The van der Waals surface area contributed by atoms with Crippen LogP contribution in [-0.4, -0.2) is 22.8 Å². The van der Waals surface area contributed by atoms with Crippen LogP contribution in [0.5, 0.6) is 11.5 Å². The maximum absolute atomic E-state index is 11.5. The van der Waals surface area contributed by atoms with E-state index < -0.39 is 17.8 Å². The number of hydrogen-bond donors (Lipinski definition) is 2. The highest BCUT2D eigenvalue weighted by Crippen LogP contribution is 2.39. The van der Waals surface area contributed by atoms with Crippen molar-refractivity contribution in [1.82, 2.24) is 4.98 Å². The number of amides is 1. The predicted molar refractivity (Wildman–Crippen MR) is 120 cm³/mol. The van der Waals surface area contributed by atoms with Crippen LogP contribution in [0.3, 0.4) is 0 Å². The number of carbonyl (C=O) groups is 2. The Bertz CT molecular complexity index is 1260. The summed E-state index contributed by atoms with van der Waals surface area (Å²) in [5, 5.41) is 13.8. The second-order valence-corrected chi connectivity index (χ2v) is 7.08. The summed E-state index contributed by atoms with van der Waals surface area (Å²) >= 11 is 12.6. The number of ether oxygens (including phenoxy) is 2. The molecule has 0 saturated carbocycles. The van der Waals surface area contributed by atoms with Gasteiger partial charge in [-0.05, 0) is 48.4 Å². The van der Waals surface area contributed by atoms with E-state index in [4.69, 9.17) is 38.9 Å². The smallest absolute Gasteiger partial charge is 0.412 e. The van der Waals surface area contributed by atoms with Gasteiger partial charge < -0.3 is 15.2 Å². The minimum Gasteiger partial charge on any atom is -0.454 e. The number of anilines is 1. The molecule has 0 saturated heterocycles. The van der Waals surface area contributed by atoms with Gasteiger partial charge in [-0.25, -0.2) is 9.59 Å². The van der Waals surface area contributed by atoms with Crippen LogP contribution in [-0.2, 0) is 16.0 Å². The third-order valence-corrected chi connectivity index (χ3v) is 4.75. The Kier molecular flexibility index (Phi) is 7.10. The normalized spacial score (nSPS) is 11.0. The van der Waals surface area contributed by atoms with Gasteiger partial charge in [0.1, 0.15) is 11.8 Å². The molecule has 162 valence electrons. The molecule has 0 unspecified atom stereocenters. The van der Waals surface area contributed by atoms with Gasteiger partial charge in [0.25, 0.3) is 0 Å². The average molecular weight is 472 g/mol. The highest BCUT2D eigenvalue weighted by molar-refractivity contribution is 6.44. The molecular weight excluding hydrogens is 457 g/mol. The monoisotopic (exact) mass is 471 g/mol. The number of nitrogens with zero attached hydrogens (tertiary/aromatic N) is 3. The summed E-state index contributed by atoms with van der Waals surface area (Å²) in [6.45, 7) is 2.05. The number of rotatable bonds is 6. The topological polar surface area (TPSA) is 140 Å². The molecule has 2 aromatic carbocycles. The summed E-state index contributed by atoms with van der Waals surface area (Å²) in [5.41, 5.74) is 8.67. The summed E-state index contributed by atoms with van der Waals surface area (Å²) in [6.07, 6.45) is 1.23. The number of aryl methyl sites for hydroxylation is 1. The van der Waals surface area contributed by atoms with Gasteiger partial charge in [-0.2, -0.15) is 10.4 Å². The second-order valence-electron chi connectivity index (χ2n) is 6.27. The average Bonchev–Trinajstić information content (AvgIpc) is 2.75. The molecular formula is C21H15Cl2N5O4. The van der Waals surface area contributed by atoms with Crippen molar-refractivity contribution in [2.24, 2.45) is 10.8 Å². The molecule has 0 atom stereocenters. The summed E-state index contributed by atoms with van der Waals surface area (Å²) in [5.74, 6) is -0.580. The number of fused-ring (bicyclic) bond motifs is 1. The number of hydrazone groups is 1. The number of esters is 1. The molecule has 0 aliphatic carbocycles. The first-order chi connectivity index (χ1) is 15.3. The lowest BCUT2D eigenvalue weighted by atomic mass is 10.1. The van der Waals surface area contributed by atoms with Crippen LogP contribution in [0, 0.1) is 11.3 Å². The fraction of sp³-hybridized carbons (Fsp3) is 0.0952. The Morgan fingerprint density at radius 1 is 1.22 bits per heavy atom. The summed E-state index contributed by atoms with van der Waals surface area (Å²) in [4.78, 5) is 26.5. The Morgan fingerprint density at radius 3 is 2.56 bits per heavy atom. The molecule has 0 aliphatic rings. The molecule has 0 fully saturated rings. The zero-order valence-electron chi connectivity index (χ0n) is 16.6. The molecule has 1 aromatic heterocycles. The van der Waals surface area contributed by atoms with Crippen molar-refractivity contribution in [2.45, 2.75) is 13.3 Å². The van der Waals surface area contributed by atoms with E-state index in [1.54, 1.807) is 12.3 Å². The summed E-state index contributed by atoms with van der Waals surface area (Å²) < 4.78 is 10.00. The largest absolute Gasteiger partial charge is 0.454 e. The second kappa shape index (κ2) is 9.96. The molecule has 3 N–H and O–H groups in total. The number of primary amides is 1. The van der Waals surface area contributed by atoms with E-state index in [2.05, 4.69) is 27.2 Å². The molecule has 1 amide bonds. The van der Waals surface area contributed by atoms with E-state index in [1.165, 1.54) is 18.2 Å². The van der Waals surface area contributed by atoms with Crippen LogP contribution < -0.4 is 15.9 Å². The maximum Gasteiger partial charge on any atom is 0.412 e. The summed E-state index contributed by atoms with van der Waals surface area (Å²) in [7, 11) is 0. The van der Waals surface area contributed by atoms with E-state index in [9.17, 15) is 9.59 Å². The third-order valence-electron chi connectivity index (χ3n) is 4.19. The first-order valence-electron chi connectivity index (χ1n) is 9.12. The minimum absolute atomic E-state index is 0.149. The van der Waals surface area contributed by atoms with Crippen LogP contribution >= 0.6 is 23.2 Å². The molecule has 32 heavy (non-hydrogen) atoms. The zero-order valence-corrected chi connectivity index (χ0v) is 18.1. The lowest BCUT2D eigenvalue weighted by molar-refractivity contribution is -0.129. The number of pyridine rings is 1. The van der Waals surface area contributed by atoms with Crippen LogP contribution in [0.2, 0.25) is 10.0 Å². The van der Waals surface area contributed by atoms with Gasteiger partial charge in [-0.1, -0.05) is 30.1 Å². The van der Waals surface area contributed by atoms with Crippen molar-refractivity contribution >= 4 is 57.6 Å². The summed E-state index contributed by atoms with van der Waals surface area (Å²) in [6, 6.07) is 11.7. The predicted octanol–water partition coefficient (Wildman–Crippen LogP) is 4.81. The van der Waals surface area contributed by atoms with Crippen LogP contribution in [0.25, 0.3) is 10.9 Å². The zero-order chi connectivity index (χ0) is 23.3. The standard InChI is InChI=1S/C21H15Cl2N5O4/c1-2-11-5-6-26-17-4-3-13(9-14(11)17)31-19-15(22)7-12(8-16(19)23)27-28-18(10-24)20(29)32-21(25)30/h3-9,27H,2H2,1H3,(H2,25,30)/b28-18+. The van der Waals surface area contributed by atoms with Crippen molar-refractivity contribution in [3.05, 3.63) is 58.2 Å². The van der Waals surface area contributed by atoms with Gasteiger partial charge in [0.2, 0.25) is 5.71 Å². The van der Waals surface area contributed by atoms with Crippen LogP contribution in [0.1, 0.15) is 12.5 Å². The molecule has 0 bridgehead atoms. The molecule has 0 radical (unpaired) electrons. The number of halogens is 2. The lowest BCUT2D eigenvalue weighted by Gasteiger charge is -2.12. The molecule has 11 heteroatoms. The van der Waals surface area contributed by atoms with Gasteiger partial charge in [0, 0.05) is 11.6 Å². The van der Waals surface area contributed by atoms with Crippen molar-refractivity contribution < 1.29 is 19.1 Å². The minimum atomic E-state index is -1.36. The molecule has 9 nitrogen and oxygen atoms in total. The fourth-order valence-electron chi connectivity index (χ4n) is 2.77. The fourth-order valence-corrected chi connectivity index (χ4v) is 3.33. The van der Waals surface area contributed by atoms with E-state index >= 15 is 0 Å². The number of hydrogen-bond acceptors (Lipinski definition) is 8. The van der Waals surface area contributed by atoms with Crippen LogP contribution in [0.15, 0.2) is 47.7 Å². The van der Waals surface area contributed by atoms with Crippen molar-refractivity contribution in [3.8, 4) is 17.6 Å². The Morgan fingerprint density at radius 2 is 1.94 bits per heavy atom. The third kappa shape index (κ3) is 5.24. The van der Waals surface area contributed by atoms with Gasteiger partial charge in [0.05, 0.1) is 21.2 Å². The number of carbonyl (C=O) groups excluding carboxylic acids is 2.